The first-order valence-corrected chi connectivity index (χ1v) is 20.8. The van der Waals surface area contributed by atoms with Gasteiger partial charge in [-0.1, -0.05) is 84.4 Å². The maximum atomic E-state index is 10.9. The molecule has 0 rings (SSSR count). The monoisotopic (exact) mass is 1000 g/mol. The highest BCUT2D eigenvalue weighted by molar-refractivity contribution is 5.87. The van der Waals surface area contributed by atoms with E-state index < -0.39 is 24.0 Å². The molecule has 0 aromatic rings. The molecule has 0 aromatic heterocycles. The zero-order valence-electron chi connectivity index (χ0n) is 40.5. The van der Waals surface area contributed by atoms with Gasteiger partial charge in [-0.25, -0.2) is 24.0 Å². The fraction of sp³-hybridized carbons (Fsp3) is 0.712. The van der Waals surface area contributed by atoms with Gasteiger partial charge in [0, 0.05) is 28.9 Å². The fourth-order valence-electron chi connectivity index (χ4n) is 2.91. The predicted molar refractivity (Wildman–Crippen MR) is 282 cm³/mol. The molecule has 0 fully saturated rings. The second-order valence-electron chi connectivity index (χ2n) is 13.9. The van der Waals surface area contributed by atoms with Crippen LogP contribution in [0.15, 0.2) is 61.8 Å². The molecule has 1 N–H and O–H groups in total. The molecule has 0 aliphatic carbocycles. The maximum Gasteiger partial charge on any atom is 0.333 e. The summed E-state index contributed by atoms with van der Waals surface area (Å²) in [6.45, 7) is 44.0. The van der Waals surface area contributed by atoms with E-state index in [2.05, 4.69) is 42.4 Å². The van der Waals surface area contributed by atoms with E-state index >= 15 is 0 Å². The van der Waals surface area contributed by atoms with Crippen molar-refractivity contribution in [3.63, 3.8) is 0 Å². The van der Waals surface area contributed by atoms with Gasteiger partial charge in [0.15, 0.2) is 0 Å². The van der Waals surface area contributed by atoms with Crippen molar-refractivity contribution < 1.29 is 81.2 Å². The van der Waals surface area contributed by atoms with Crippen molar-refractivity contribution in [3.8, 4) is 0 Å². The summed E-state index contributed by atoms with van der Waals surface area (Å²) in [6.07, 6.45) is 3.08. The third-order valence-corrected chi connectivity index (χ3v) is 6.09. The van der Waals surface area contributed by atoms with Crippen LogP contribution in [0.1, 0.15) is 134 Å². The molecule has 0 spiro atoms. The number of hydrogen-bond donors (Lipinski definition) is 1. The largest absolute Gasteiger partial charge is 0.460 e. The Morgan fingerprint density at radius 1 is 0.420 bits per heavy atom. The zero-order chi connectivity index (χ0) is 49.6. The summed E-state index contributed by atoms with van der Waals surface area (Å²) in [7, 11) is 0. The van der Waals surface area contributed by atoms with Gasteiger partial charge in [0.2, 0.25) is 0 Å². The average molecular weight is 1000 g/mol. The molecule has 0 bridgehead atoms. The summed E-state index contributed by atoms with van der Waals surface area (Å²) >= 11 is 0. The van der Waals surface area contributed by atoms with Crippen molar-refractivity contribution in [1.29, 1.82) is 0 Å². The van der Waals surface area contributed by atoms with E-state index in [-0.39, 0.29) is 101 Å². The van der Waals surface area contributed by atoms with Crippen LogP contribution in [0.5, 0.6) is 0 Å². The molecule has 69 heavy (non-hydrogen) atoms. The molecular weight excluding hydrogens is 897 g/mol. The smallest absolute Gasteiger partial charge is 0.333 e. The molecule has 0 saturated carbocycles. The number of ether oxygens (including phenoxy) is 11. The van der Waals surface area contributed by atoms with Crippen LogP contribution in [0.2, 0.25) is 0 Å². The molecule has 17 heteroatoms. The number of carbonyl (C=O) groups is 5. The number of esters is 5. The highest BCUT2D eigenvalue weighted by Crippen LogP contribution is 1.97. The lowest BCUT2D eigenvalue weighted by atomic mass is 10.3. The van der Waals surface area contributed by atoms with E-state index in [1.54, 1.807) is 20.8 Å². The average Bonchev–Trinajstić information content (AvgIpc) is 3.22. The summed E-state index contributed by atoms with van der Waals surface area (Å²) in [5.74, 6) is -2.01. The van der Waals surface area contributed by atoms with Crippen LogP contribution >= 0.6 is 0 Å². The summed E-state index contributed by atoms with van der Waals surface area (Å²) in [4.78, 5) is 53.5. The molecule has 17 nitrogen and oxygen atoms in total. The highest BCUT2D eigenvalue weighted by atomic mass is 16.6. The van der Waals surface area contributed by atoms with Crippen molar-refractivity contribution in [1.82, 2.24) is 0 Å². The lowest BCUT2D eigenvalue weighted by Crippen LogP contribution is -2.17. The first kappa shape index (κ1) is 91.1. The van der Waals surface area contributed by atoms with Gasteiger partial charge in [-0.05, 0) is 82.6 Å². The van der Waals surface area contributed by atoms with Gasteiger partial charge >= 0.3 is 29.8 Å². The van der Waals surface area contributed by atoms with Crippen LogP contribution in [0.25, 0.3) is 0 Å². The number of aliphatic hydroxyl groups excluding tert-OH is 1. The molecule has 0 aliphatic rings. The highest BCUT2D eigenvalue weighted by Gasteiger charge is 2.07. The summed E-state index contributed by atoms with van der Waals surface area (Å²) in [5, 5.41) is 8.98. The second kappa shape index (κ2) is 65.9. The summed E-state index contributed by atoms with van der Waals surface area (Å²) < 4.78 is 54.8. The van der Waals surface area contributed by atoms with Crippen molar-refractivity contribution in [2.45, 2.75) is 165 Å². The van der Waals surface area contributed by atoms with Crippen LogP contribution in [0, 0.1) is 0 Å². The van der Waals surface area contributed by atoms with E-state index in [4.69, 9.17) is 47.7 Å². The zero-order valence-corrected chi connectivity index (χ0v) is 40.5. The molecule has 0 aromatic carbocycles. The van der Waals surface area contributed by atoms with Crippen LogP contribution in [-0.4, -0.2) is 151 Å². The van der Waals surface area contributed by atoms with Crippen molar-refractivity contribution in [2.24, 2.45) is 0 Å². The topological polar surface area (TPSA) is 207 Å². The molecule has 0 radical (unpaired) electrons. The lowest BCUT2D eigenvalue weighted by Gasteiger charge is -2.08. The first-order valence-electron chi connectivity index (χ1n) is 20.8. The van der Waals surface area contributed by atoms with E-state index in [0.717, 1.165) is 12.2 Å². The third-order valence-electron chi connectivity index (χ3n) is 6.09. The van der Waals surface area contributed by atoms with Crippen molar-refractivity contribution >= 4 is 29.8 Å². The molecule has 0 saturated heterocycles. The second-order valence-corrected chi connectivity index (χ2v) is 13.9. The van der Waals surface area contributed by atoms with Gasteiger partial charge < -0.3 is 57.2 Å². The van der Waals surface area contributed by atoms with Crippen LogP contribution < -0.4 is 0 Å². The van der Waals surface area contributed by atoms with Gasteiger partial charge in [0.1, 0.15) is 33.0 Å². The minimum Gasteiger partial charge on any atom is -0.460 e. The quantitative estimate of drug-likeness (QED) is 0.0307. The number of hydrogen-bond acceptors (Lipinski definition) is 17. The molecular formula is C52H106O17. The maximum absolute atomic E-state index is 10.9. The minimum absolute atomic E-state index is 0. The SMILES string of the molecule is C.C.C.C.C.C.C=C(C)C(=O)OCC(O)CC.C=C(C)C(=O)OCCOC(C)C.C=C(C)C(=O)OCCOCCOC(C)C.C=CC(=O)OCCOC(C)C.C=CC(=O)OCCOCCOC(C)C. The number of carbonyl (C=O) groups excluding carboxylic acids is 5. The van der Waals surface area contributed by atoms with Gasteiger partial charge in [-0.3, -0.25) is 0 Å². The molecule has 0 aliphatic heterocycles. The minimum atomic E-state index is -0.557. The Balaban J connectivity index is -0.0000000666. The van der Waals surface area contributed by atoms with Gasteiger partial charge in [0.25, 0.3) is 0 Å². The molecule has 416 valence electrons. The van der Waals surface area contributed by atoms with Crippen LogP contribution in [0.3, 0.4) is 0 Å². The molecule has 0 heterocycles. The standard InChI is InChI=1S/C11H20O4.C10H18O4.C9H16O3.2C8H14O3.6CH4/c1-9(2)11(12)15-8-6-13-5-7-14-10(3)4;1-4-10(11)14-8-6-12-5-7-13-9(2)3;1-7(2)9(10)12-6-5-11-8(3)4;1-4-8(9)11-6-5-10-7(2)3;1-4-7(9)5-11-8(10)6(2)3;;;;;;/h10H,1,5-8H2,2-4H3;4,9H,1,5-8H2,2-3H3;8H,1,5-6H2,2-4H3;4,7H,1,5-6H2,2-3H3;7,9H,2,4-5H2,1,3H3;6*1H4. The van der Waals surface area contributed by atoms with Crippen molar-refractivity contribution in [3.05, 3.63) is 61.8 Å². The Labute approximate surface area is 422 Å². The lowest BCUT2D eigenvalue weighted by molar-refractivity contribution is -0.142. The predicted octanol–water partition coefficient (Wildman–Crippen LogP) is 10.1. The number of rotatable bonds is 30. The Kier molecular flexibility index (Phi) is 86.9. The van der Waals surface area contributed by atoms with Crippen LogP contribution in [0.4, 0.5) is 0 Å². The number of aliphatic hydroxyl groups is 1. The van der Waals surface area contributed by atoms with E-state index in [9.17, 15) is 24.0 Å². The normalized spacial score (nSPS) is 9.58. The molecule has 1 unspecified atom stereocenters. The Hall–Kier alpha value is -4.23. The van der Waals surface area contributed by atoms with Crippen molar-refractivity contribution in [2.75, 3.05) is 85.9 Å². The molecule has 1 atom stereocenters. The van der Waals surface area contributed by atoms with E-state index in [1.165, 1.54) is 0 Å². The Morgan fingerprint density at radius 2 is 0.652 bits per heavy atom. The third kappa shape index (κ3) is 87.4. The van der Waals surface area contributed by atoms with Gasteiger partial charge in [0.05, 0.1) is 83.4 Å². The summed E-state index contributed by atoms with van der Waals surface area (Å²) in [6, 6.07) is 0. The first-order chi connectivity index (χ1) is 29.5. The van der Waals surface area contributed by atoms with E-state index in [1.807, 2.05) is 62.3 Å². The Morgan fingerprint density at radius 3 is 0.913 bits per heavy atom. The van der Waals surface area contributed by atoms with Gasteiger partial charge in [-0.15, -0.1) is 0 Å². The fourth-order valence-corrected chi connectivity index (χ4v) is 2.91. The molecule has 0 amide bonds. The summed E-state index contributed by atoms with van der Waals surface area (Å²) in [5.41, 5.74) is 1.17. The van der Waals surface area contributed by atoms with E-state index in [0.29, 0.717) is 89.2 Å². The van der Waals surface area contributed by atoms with Crippen LogP contribution in [-0.2, 0) is 76.1 Å². The van der Waals surface area contributed by atoms with Gasteiger partial charge in [-0.2, -0.15) is 0 Å². The Bertz CT molecular complexity index is 1240.